The number of hydrogen-bond acceptors (Lipinski definition) is 5. The van der Waals surface area contributed by atoms with Crippen molar-refractivity contribution in [2.45, 2.75) is 38.0 Å². The summed E-state index contributed by atoms with van der Waals surface area (Å²) in [6, 6.07) is 12.8. The maximum atomic E-state index is 13.5. The highest BCUT2D eigenvalue weighted by Gasteiger charge is 2.46. The summed E-state index contributed by atoms with van der Waals surface area (Å²) < 4.78 is 12.5. The van der Waals surface area contributed by atoms with Gasteiger partial charge in [0.05, 0.1) is 19.6 Å². The van der Waals surface area contributed by atoms with Crippen molar-refractivity contribution in [3.8, 4) is 11.5 Å². The Hall–Kier alpha value is -2.57. The molecule has 5 rings (SSSR count). The fourth-order valence-corrected chi connectivity index (χ4v) is 6.87. The lowest BCUT2D eigenvalue weighted by Gasteiger charge is -2.43. The number of carbonyl (C=O) groups excluding carboxylic acids is 1. The highest BCUT2D eigenvalue weighted by atomic mass is 32.1. The normalized spacial score (nSPS) is 23.3. The molecule has 2 aliphatic heterocycles. The molecular formula is C28H34N2O3S. The third-order valence-corrected chi connectivity index (χ3v) is 8.91. The molecule has 1 N–H and O–H groups in total. The van der Waals surface area contributed by atoms with Crippen molar-refractivity contribution in [1.29, 1.82) is 0 Å². The predicted molar refractivity (Wildman–Crippen MR) is 138 cm³/mol. The van der Waals surface area contributed by atoms with Gasteiger partial charge in [0.1, 0.15) is 0 Å². The number of nitrogens with one attached hydrogen (secondary N) is 1. The Bertz CT molecular complexity index is 1190. The molecule has 1 aromatic heterocycles. The van der Waals surface area contributed by atoms with Crippen molar-refractivity contribution in [3.05, 3.63) is 58.5 Å². The quantitative estimate of drug-likeness (QED) is 0.553. The van der Waals surface area contributed by atoms with Gasteiger partial charge in [-0.15, -0.1) is 11.3 Å². The molecule has 2 aliphatic rings. The van der Waals surface area contributed by atoms with E-state index in [4.69, 9.17) is 9.47 Å². The van der Waals surface area contributed by atoms with Crippen molar-refractivity contribution < 1.29 is 14.3 Å². The minimum Gasteiger partial charge on any atom is -0.493 e. The van der Waals surface area contributed by atoms with Gasteiger partial charge in [0, 0.05) is 24.3 Å². The smallest absolute Gasteiger partial charge is 0.230 e. The molecular weight excluding hydrogens is 444 g/mol. The Morgan fingerprint density at radius 2 is 1.97 bits per heavy atom. The number of nitrogens with zero attached hydrogens (tertiary/aromatic N) is 1. The molecule has 1 saturated heterocycles. The molecule has 0 aliphatic carbocycles. The number of likely N-dealkylation sites (tertiary alicyclic amines) is 1. The number of rotatable bonds is 6. The monoisotopic (exact) mass is 478 g/mol. The van der Waals surface area contributed by atoms with Crippen LogP contribution in [0.2, 0.25) is 0 Å². The van der Waals surface area contributed by atoms with Gasteiger partial charge in [-0.25, -0.2) is 0 Å². The zero-order chi connectivity index (χ0) is 23.7. The lowest BCUT2D eigenvalue weighted by molar-refractivity contribution is -0.128. The van der Waals surface area contributed by atoms with Crippen LogP contribution in [0.15, 0.2) is 41.8 Å². The maximum absolute atomic E-state index is 13.5. The number of fused-ring (bicyclic) bond motifs is 2. The fourth-order valence-electron chi connectivity index (χ4n) is 5.87. The molecule has 0 saturated carbocycles. The summed E-state index contributed by atoms with van der Waals surface area (Å²) >= 11 is 1.83. The van der Waals surface area contributed by atoms with Crippen LogP contribution < -0.4 is 14.8 Å². The average molecular weight is 479 g/mol. The highest BCUT2D eigenvalue weighted by Crippen LogP contribution is 2.44. The minimum atomic E-state index is -0.598. The largest absolute Gasteiger partial charge is 0.493 e. The van der Waals surface area contributed by atoms with E-state index in [2.05, 4.69) is 58.9 Å². The van der Waals surface area contributed by atoms with Crippen molar-refractivity contribution in [2.24, 2.45) is 5.92 Å². The van der Waals surface area contributed by atoms with E-state index in [-0.39, 0.29) is 11.8 Å². The van der Waals surface area contributed by atoms with Gasteiger partial charge in [0.15, 0.2) is 11.5 Å². The van der Waals surface area contributed by atoms with Gasteiger partial charge in [0.25, 0.3) is 0 Å². The molecule has 0 bridgehead atoms. The first-order valence-corrected chi connectivity index (χ1v) is 13.1. The number of benzene rings is 2. The summed E-state index contributed by atoms with van der Waals surface area (Å²) in [6.07, 6.45) is 4.01. The fraction of sp³-hybridized carbons (Fsp3) is 0.464. The van der Waals surface area contributed by atoms with Gasteiger partial charge in [-0.05, 0) is 90.7 Å². The van der Waals surface area contributed by atoms with Gasteiger partial charge in [-0.3, -0.25) is 4.79 Å². The van der Waals surface area contributed by atoms with E-state index in [9.17, 15) is 4.79 Å². The number of thiophene rings is 1. The Kier molecular flexibility index (Phi) is 6.54. The number of piperidine rings is 1. The average Bonchev–Trinajstić information content (AvgIpc) is 3.24. The highest BCUT2D eigenvalue weighted by molar-refractivity contribution is 7.17. The van der Waals surface area contributed by atoms with Gasteiger partial charge >= 0.3 is 0 Å². The summed E-state index contributed by atoms with van der Waals surface area (Å²) in [7, 11) is 3.33. The Morgan fingerprint density at radius 3 is 2.79 bits per heavy atom. The van der Waals surface area contributed by atoms with Gasteiger partial charge in [0.2, 0.25) is 5.91 Å². The Morgan fingerprint density at radius 1 is 1.18 bits per heavy atom. The molecule has 2 aromatic carbocycles. The van der Waals surface area contributed by atoms with Crippen LogP contribution in [0, 0.1) is 5.92 Å². The molecule has 2 atom stereocenters. The van der Waals surface area contributed by atoms with Crippen LogP contribution in [0.3, 0.4) is 0 Å². The first-order chi connectivity index (χ1) is 16.5. The first-order valence-electron chi connectivity index (χ1n) is 12.3. The molecule has 3 aromatic rings. The lowest BCUT2D eigenvalue weighted by atomic mass is 9.67. The summed E-state index contributed by atoms with van der Waals surface area (Å²) in [5.41, 5.74) is 3.11. The van der Waals surface area contributed by atoms with Crippen molar-refractivity contribution in [2.75, 3.05) is 40.4 Å². The zero-order valence-corrected chi connectivity index (χ0v) is 21.2. The second-order valence-corrected chi connectivity index (χ2v) is 10.6. The molecule has 2 unspecified atom stereocenters. The van der Waals surface area contributed by atoms with Crippen LogP contribution in [0.5, 0.6) is 11.5 Å². The van der Waals surface area contributed by atoms with Gasteiger partial charge in [-0.2, -0.15) is 0 Å². The molecule has 180 valence electrons. The summed E-state index contributed by atoms with van der Waals surface area (Å²) in [5.74, 6) is 1.80. The Labute approximate surface area is 206 Å². The van der Waals surface area contributed by atoms with Gasteiger partial charge in [-0.1, -0.05) is 18.2 Å². The van der Waals surface area contributed by atoms with Gasteiger partial charge < -0.3 is 19.7 Å². The van der Waals surface area contributed by atoms with E-state index in [1.807, 2.05) is 11.3 Å². The van der Waals surface area contributed by atoms with Crippen LogP contribution >= 0.6 is 11.3 Å². The first kappa shape index (κ1) is 23.2. The molecule has 1 amide bonds. The van der Waals surface area contributed by atoms with E-state index in [0.29, 0.717) is 12.3 Å². The molecule has 0 spiro atoms. The third kappa shape index (κ3) is 4.07. The standard InChI is InChI=1S/C28H34N2O3S/c1-28(23-16-25(33-3)24(32-2)15-19(23)10-12-29-27(28)31)21-7-6-13-30(17-21)14-11-20-18-34-26-9-5-4-8-22(20)26/h4-5,8-9,15-16,18,21H,6-7,10-14,17H2,1-3H3,(H,29,31). The van der Waals surface area contributed by atoms with Crippen molar-refractivity contribution in [3.63, 3.8) is 0 Å². The second-order valence-electron chi connectivity index (χ2n) is 9.72. The lowest BCUT2D eigenvalue weighted by Crippen LogP contribution is -2.52. The molecule has 0 radical (unpaired) electrons. The predicted octanol–water partition coefficient (Wildman–Crippen LogP) is 4.80. The van der Waals surface area contributed by atoms with E-state index in [0.717, 1.165) is 56.6 Å². The van der Waals surface area contributed by atoms with Crippen molar-refractivity contribution in [1.82, 2.24) is 10.2 Å². The number of hydrogen-bond donors (Lipinski definition) is 1. The van der Waals surface area contributed by atoms with E-state index < -0.39 is 5.41 Å². The topological polar surface area (TPSA) is 50.8 Å². The molecule has 6 heteroatoms. The van der Waals surface area contributed by atoms with Crippen LogP contribution in [-0.4, -0.2) is 51.2 Å². The van der Waals surface area contributed by atoms with Crippen molar-refractivity contribution >= 4 is 27.3 Å². The van der Waals surface area contributed by atoms with E-state index in [1.165, 1.54) is 21.2 Å². The van der Waals surface area contributed by atoms with Crippen LogP contribution in [0.1, 0.15) is 36.5 Å². The molecule has 5 nitrogen and oxygen atoms in total. The van der Waals surface area contributed by atoms with E-state index in [1.54, 1.807) is 14.2 Å². The number of amides is 1. The SMILES string of the molecule is COc1cc2c(cc1OC)C(C)(C1CCCN(CCc3csc4ccccc34)C1)C(=O)NCC2. The summed E-state index contributed by atoms with van der Waals surface area (Å²) in [4.78, 5) is 16.1. The second kappa shape index (κ2) is 9.59. The molecule has 34 heavy (non-hydrogen) atoms. The third-order valence-electron chi connectivity index (χ3n) is 7.90. The number of methoxy groups -OCH3 is 2. The maximum Gasteiger partial charge on any atom is 0.230 e. The van der Waals surface area contributed by atoms with Crippen LogP contribution in [-0.2, 0) is 23.1 Å². The number of carbonyl (C=O) groups is 1. The van der Waals surface area contributed by atoms with Crippen LogP contribution in [0.25, 0.3) is 10.1 Å². The summed E-state index contributed by atoms with van der Waals surface area (Å²) in [5, 5.41) is 6.89. The van der Waals surface area contributed by atoms with E-state index >= 15 is 0 Å². The zero-order valence-electron chi connectivity index (χ0n) is 20.4. The molecule has 3 heterocycles. The minimum absolute atomic E-state index is 0.133. The van der Waals surface area contributed by atoms with Crippen LogP contribution in [0.4, 0.5) is 0 Å². The molecule has 1 fully saturated rings. The summed E-state index contributed by atoms with van der Waals surface area (Å²) in [6.45, 7) is 5.83. The number of ether oxygens (including phenoxy) is 2. The Balaban J connectivity index is 1.40.